The number of ether oxygens (including phenoxy) is 1. The predicted molar refractivity (Wildman–Crippen MR) is 97.5 cm³/mol. The maximum Gasteiger partial charge on any atom is 0.347 e. The fraction of sp³-hybridized carbons (Fsp3) is 0.389. The van der Waals surface area contributed by atoms with Crippen molar-refractivity contribution in [2.45, 2.75) is 32.6 Å². The second-order valence-electron chi connectivity index (χ2n) is 6.98. The van der Waals surface area contributed by atoms with Crippen LogP contribution in [-0.2, 0) is 11.8 Å². The average molecular weight is 341 g/mol. The van der Waals surface area contributed by atoms with Crippen LogP contribution in [0.1, 0.15) is 32.0 Å². The van der Waals surface area contributed by atoms with Crippen molar-refractivity contribution >= 4 is 11.5 Å². The van der Waals surface area contributed by atoms with Crippen LogP contribution in [0.4, 0.5) is 5.82 Å². The highest BCUT2D eigenvalue weighted by molar-refractivity contribution is 5.62. The first-order chi connectivity index (χ1) is 11.9. The van der Waals surface area contributed by atoms with Gasteiger partial charge in [-0.15, -0.1) is 5.10 Å². The molecule has 1 aromatic carbocycles. The molecule has 7 heteroatoms. The standard InChI is InChI=1S/C18H23N5O2/c1-18(2,3)14-11-23-16(21-22-17(23)24)15(20-14)19-9-8-12-6-5-7-13(10-12)25-4/h5-7,10-11H,8-9H2,1-4H3,(H,19,20)(H,22,24). The molecule has 0 radical (unpaired) electrons. The van der Waals surface area contributed by atoms with E-state index >= 15 is 0 Å². The van der Waals surface area contributed by atoms with Crippen molar-refractivity contribution in [2.75, 3.05) is 19.0 Å². The molecule has 0 spiro atoms. The van der Waals surface area contributed by atoms with E-state index in [1.165, 1.54) is 4.40 Å². The minimum absolute atomic E-state index is 0.172. The van der Waals surface area contributed by atoms with Crippen LogP contribution in [-0.4, -0.2) is 33.2 Å². The minimum Gasteiger partial charge on any atom is -0.497 e. The summed E-state index contributed by atoms with van der Waals surface area (Å²) in [4.78, 5) is 16.6. The Bertz CT molecular complexity index is 937. The Balaban J connectivity index is 1.84. The molecule has 0 saturated carbocycles. The van der Waals surface area contributed by atoms with Gasteiger partial charge in [-0.05, 0) is 24.1 Å². The number of anilines is 1. The molecular weight excluding hydrogens is 318 g/mol. The van der Waals surface area contributed by atoms with Crippen molar-refractivity contribution in [1.29, 1.82) is 0 Å². The van der Waals surface area contributed by atoms with Gasteiger partial charge in [-0.1, -0.05) is 32.9 Å². The number of benzene rings is 1. The van der Waals surface area contributed by atoms with Gasteiger partial charge in [0, 0.05) is 18.2 Å². The van der Waals surface area contributed by atoms with Crippen molar-refractivity contribution in [2.24, 2.45) is 0 Å². The normalized spacial score (nSPS) is 11.7. The smallest absolute Gasteiger partial charge is 0.347 e. The maximum absolute atomic E-state index is 12.0. The molecule has 0 amide bonds. The largest absolute Gasteiger partial charge is 0.497 e. The number of methoxy groups -OCH3 is 1. The zero-order valence-corrected chi connectivity index (χ0v) is 15.0. The van der Waals surface area contributed by atoms with Crippen LogP contribution in [0.5, 0.6) is 5.75 Å². The molecule has 2 N–H and O–H groups in total. The maximum atomic E-state index is 12.0. The van der Waals surface area contributed by atoms with Gasteiger partial charge in [0.2, 0.25) is 5.65 Å². The van der Waals surface area contributed by atoms with E-state index in [2.05, 4.69) is 47.3 Å². The predicted octanol–water partition coefficient (Wildman–Crippen LogP) is 2.38. The third-order valence-corrected chi connectivity index (χ3v) is 4.01. The van der Waals surface area contributed by atoms with E-state index in [-0.39, 0.29) is 11.1 Å². The number of hydrogen-bond donors (Lipinski definition) is 2. The first-order valence-corrected chi connectivity index (χ1v) is 8.23. The van der Waals surface area contributed by atoms with E-state index in [1.807, 2.05) is 18.2 Å². The lowest BCUT2D eigenvalue weighted by atomic mass is 9.93. The molecule has 0 fully saturated rings. The summed E-state index contributed by atoms with van der Waals surface area (Å²) >= 11 is 0. The molecule has 132 valence electrons. The lowest BCUT2D eigenvalue weighted by molar-refractivity contribution is 0.414. The molecule has 0 bridgehead atoms. The summed E-state index contributed by atoms with van der Waals surface area (Å²) in [6.07, 6.45) is 2.55. The monoisotopic (exact) mass is 341 g/mol. The Morgan fingerprint density at radius 1 is 1.32 bits per heavy atom. The van der Waals surface area contributed by atoms with Gasteiger partial charge in [-0.3, -0.25) is 0 Å². The van der Waals surface area contributed by atoms with Crippen LogP contribution in [0, 0.1) is 0 Å². The summed E-state index contributed by atoms with van der Waals surface area (Å²) in [7, 11) is 1.66. The van der Waals surface area contributed by atoms with E-state index in [0.717, 1.165) is 23.4 Å². The fourth-order valence-corrected chi connectivity index (χ4v) is 2.55. The van der Waals surface area contributed by atoms with E-state index in [1.54, 1.807) is 13.3 Å². The third-order valence-electron chi connectivity index (χ3n) is 4.01. The van der Waals surface area contributed by atoms with Crippen LogP contribution < -0.4 is 15.7 Å². The number of aromatic nitrogens is 4. The lowest BCUT2D eigenvalue weighted by Crippen LogP contribution is -2.20. The van der Waals surface area contributed by atoms with Crippen LogP contribution in [0.25, 0.3) is 5.65 Å². The number of fused-ring (bicyclic) bond motifs is 1. The van der Waals surface area contributed by atoms with E-state index in [0.29, 0.717) is 18.0 Å². The fourth-order valence-electron chi connectivity index (χ4n) is 2.55. The Morgan fingerprint density at radius 2 is 2.12 bits per heavy atom. The summed E-state index contributed by atoms with van der Waals surface area (Å²) < 4.78 is 6.75. The third kappa shape index (κ3) is 3.65. The summed E-state index contributed by atoms with van der Waals surface area (Å²) in [6.45, 7) is 6.86. The molecule has 2 aromatic heterocycles. The van der Waals surface area contributed by atoms with Crippen molar-refractivity contribution < 1.29 is 4.74 Å². The van der Waals surface area contributed by atoms with Gasteiger partial charge in [-0.25, -0.2) is 19.3 Å². The van der Waals surface area contributed by atoms with Crippen molar-refractivity contribution in [3.05, 3.63) is 52.2 Å². The molecule has 0 unspecified atom stereocenters. The molecule has 0 saturated heterocycles. The Morgan fingerprint density at radius 3 is 2.84 bits per heavy atom. The molecule has 0 aliphatic heterocycles. The van der Waals surface area contributed by atoms with Crippen LogP contribution >= 0.6 is 0 Å². The zero-order valence-electron chi connectivity index (χ0n) is 15.0. The second kappa shape index (κ2) is 6.58. The first kappa shape index (κ1) is 17.0. The topological polar surface area (TPSA) is 84.3 Å². The SMILES string of the molecule is COc1cccc(CCNc2nc(C(C)(C)C)cn3c(=O)[nH]nc23)c1. The van der Waals surface area contributed by atoms with Crippen LogP contribution in [0.3, 0.4) is 0 Å². The van der Waals surface area contributed by atoms with E-state index < -0.39 is 0 Å². The highest BCUT2D eigenvalue weighted by Crippen LogP contribution is 2.23. The lowest BCUT2D eigenvalue weighted by Gasteiger charge is -2.19. The Labute approximate surface area is 146 Å². The average Bonchev–Trinajstić information content (AvgIpc) is 2.96. The number of H-pyrrole nitrogens is 1. The Kier molecular flexibility index (Phi) is 4.48. The molecule has 3 rings (SSSR count). The van der Waals surface area contributed by atoms with Crippen molar-refractivity contribution in [1.82, 2.24) is 19.6 Å². The van der Waals surface area contributed by atoms with Gasteiger partial charge in [0.05, 0.1) is 12.8 Å². The molecule has 25 heavy (non-hydrogen) atoms. The van der Waals surface area contributed by atoms with Gasteiger partial charge in [0.1, 0.15) is 5.75 Å². The number of hydrogen-bond acceptors (Lipinski definition) is 5. The van der Waals surface area contributed by atoms with Gasteiger partial charge >= 0.3 is 5.69 Å². The van der Waals surface area contributed by atoms with Crippen molar-refractivity contribution in [3.63, 3.8) is 0 Å². The summed E-state index contributed by atoms with van der Waals surface area (Å²) in [5, 5.41) is 9.86. The molecule has 2 heterocycles. The number of nitrogens with one attached hydrogen (secondary N) is 2. The van der Waals surface area contributed by atoms with Gasteiger partial charge in [-0.2, -0.15) is 0 Å². The molecule has 7 nitrogen and oxygen atoms in total. The number of nitrogens with zero attached hydrogens (tertiary/aromatic N) is 3. The number of rotatable bonds is 5. The summed E-state index contributed by atoms with van der Waals surface area (Å²) in [6, 6.07) is 7.95. The molecular formula is C18H23N5O2. The first-order valence-electron chi connectivity index (χ1n) is 8.23. The van der Waals surface area contributed by atoms with Gasteiger partial charge in [0.25, 0.3) is 0 Å². The highest BCUT2D eigenvalue weighted by Gasteiger charge is 2.19. The molecule has 0 atom stereocenters. The molecule has 0 aliphatic rings. The molecule has 3 aromatic rings. The highest BCUT2D eigenvalue weighted by atomic mass is 16.5. The van der Waals surface area contributed by atoms with E-state index in [4.69, 9.17) is 4.74 Å². The summed E-state index contributed by atoms with van der Waals surface area (Å²) in [5.74, 6) is 1.44. The Hall–Kier alpha value is -2.83. The molecule has 0 aliphatic carbocycles. The quantitative estimate of drug-likeness (QED) is 0.744. The van der Waals surface area contributed by atoms with Crippen LogP contribution in [0.15, 0.2) is 35.3 Å². The van der Waals surface area contributed by atoms with Gasteiger partial charge < -0.3 is 10.1 Å². The van der Waals surface area contributed by atoms with Gasteiger partial charge in [0.15, 0.2) is 5.82 Å². The second-order valence-corrected chi connectivity index (χ2v) is 6.98. The van der Waals surface area contributed by atoms with E-state index in [9.17, 15) is 4.79 Å². The van der Waals surface area contributed by atoms with Crippen LogP contribution in [0.2, 0.25) is 0 Å². The minimum atomic E-state index is -0.265. The summed E-state index contributed by atoms with van der Waals surface area (Å²) in [5.41, 5.74) is 2.05. The number of aromatic amines is 1. The van der Waals surface area contributed by atoms with Crippen molar-refractivity contribution in [3.8, 4) is 5.75 Å². The zero-order chi connectivity index (χ0) is 18.0.